The van der Waals surface area contributed by atoms with Gasteiger partial charge in [-0.25, -0.2) is 0 Å². The van der Waals surface area contributed by atoms with E-state index >= 15 is 0 Å². The molecule has 0 atom stereocenters. The molecule has 0 fully saturated rings. The van der Waals surface area contributed by atoms with Crippen LogP contribution in [-0.2, 0) is 6.54 Å². The van der Waals surface area contributed by atoms with Crippen LogP contribution in [0.5, 0.6) is 5.75 Å². The van der Waals surface area contributed by atoms with Crippen LogP contribution in [0.3, 0.4) is 0 Å². The fourth-order valence-corrected chi connectivity index (χ4v) is 2.48. The Hall–Kier alpha value is -2.64. The summed E-state index contributed by atoms with van der Waals surface area (Å²) < 4.78 is 10.4. The average molecular weight is 375 g/mol. The van der Waals surface area contributed by atoms with Gasteiger partial charge in [-0.3, -0.25) is 0 Å². The quantitative estimate of drug-likeness (QED) is 0.656. The molecule has 8 heteroatoms. The van der Waals surface area contributed by atoms with Crippen LogP contribution in [0.2, 0.25) is 5.02 Å². The van der Waals surface area contributed by atoms with Crippen molar-refractivity contribution in [2.45, 2.75) is 6.54 Å². The maximum absolute atomic E-state index is 5.97. The van der Waals surface area contributed by atoms with Crippen molar-refractivity contribution in [3.8, 4) is 17.1 Å². The van der Waals surface area contributed by atoms with E-state index in [2.05, 4.69) is 20.8 Å². The minimum absolute atomic E-state index is 0.309. The van der Waals surface area contributed by atoms with E-state index in [4.69, 9.17) is 33.1 Å². The summed E-state index contributed by atoms with van der Waals surface area (Å²) in [6.45, 7) is 0.309. The highest BCUT2D eigenvalue weighted by molar-refractivity contribution is 7.80. The van der Waals surface area contributed by atoms with Gasteiger partial charge in [-0.15, -0.1) is 0 Å². The molecule has 128 valence electrons. The molecule has 0 bridgehead atoms. The summed E-state index contributed by atoms with van der Waals surface area (Å²) in [6.07, 6.45) is 0. The standard InChI is InChI=1S/C17H15ClN4O2S/c1-23-14-7-3-6-13(9-14)20-17(25)19-10-15-21-16(22-24-15)11-4-2-5-12(18)8-11/h2-9H,10H2,1H3,(H2,19,20,25). The first-order chi connectivity index (χ1) is 12.1. The topological polar surface area (TPSA) is 72.2 Å². The first kappa shape index (κ1) is 17.2. The largest absolute Gasteiger partial charge is 0.497 e. The molecule has 0 spiro atoms. The number of anilines is 1. The third-order valence-corrected chi connectivity index (χ3v) is 3.76. The van der Waals surface area contributed by atoms with Gasteiger partial charge in [0.2, 0.25) is 11.7 Å². The maximum atomic E-state index is 5.97. The summed E-state index contributed by atoms with van der Waals surface area (Å²) in [5.41, 5.74) is 1.61. The predicted molar refractivity (Wildman–Crippen MR) is 101 cm³/mol. The Morgan fingerprint density at radius 3 is 2.88 bits per heavy atom. The Kier molecular flexibility index (Phi) is 5.47. The first-order valence-corrected chi connectivity index (χ1v) is 8.20. The van der Waals surface area contributed by atoms with Crippen LogP contribution in [0, 0.1) is 0 Å². The van der Waals surface area contributed by atoms with Crippen LogP contribution >= 0.6 is 23.8 Å². The number of benzene rings is 2. The highest BCUT2D eigenvalue weighted by Gasteiger charge is 2.09. The number of hydrogen-bond donors (Lipinski definition) is 2. The molecule has 2 aromatic carbocycles. The van der Waals surface area contributed by atoms with Gasteiger partial charge in [0.1, 0.15) is 5.75 Å². The number of ether oxygens (including phenoxy) is 1. The molecular formula is C17H15ClN4O2S. The van der Waals surface area contributed by atoms with E-state index in [1.165, 1.54) is 0 Å². The molecule has 0 aliphatic heterocycles. The Balaban J connectivity index is 1.57. The SMILES string of the molecule is COc1cccc(NC(=S)NCc2nc(-c3cccc(Cl)c3)no2)c1. The fraction of sp³-hybridized carbons (Fsp3) is 0.118. The second-order valence-corrected chi connectivity index (χ2v) is 5.91. The van der Waals surface area contributed by atoms with Crippen molar-refractivity contribution in [3.05, 3.63) is 59.4 Å². The van der Waals surface area contributed by atoms with Gasteiger partial charge in [-0.1, -0.05) is 35.0 Å². The van der Waals surface area contributed by atoms with Gasteiger partial charge in [0.05, 0.1) is 13.7 Å². The van der Waals surface area contributed by atoms with E-state index < -0.39 is 0 Å². The molecule has 3 rings (SSSR count). The van der Waals surface area contributed by atoms with Crippen LogP contribution in [-0.4, -0.2) is 22.4 Å². The minimum Gasteiger partial charge on any atom is -0.497 e. The summed E-state index contributed by atoms with van der Waals surface area (Å²) in [7, 11) is 1.61. The molecule has 3 aromatic rings. The van der Waals surface area contributed by atoms with Crippen LogP contribution < -0.4 is 15.4 Å². The van der Waals surface area contributed by atoms with Crippen molar-refractivity contribution in [1.82, 2.24) is 15.5 Å². The predicted octanol–water partition coefficient (Wildman–Crippen LogP) is 3.89. The molecule has 25 heavy (non-hydrogen) atoms. The third kappa shape index (κ3) is 4.68. The summed E-state index contributed by atoms with van der Waals surface area (Å²) in [5, 5.41) is 11.1. The lowest BCUT2D eigenvalue weighted by molar-refractivity contribution is 0.376. The molecule has 0 radical (unpaired) electrons. The van der Waals surface area contributed by atoms with E-state index in [0.29, 0.717) is 28.4 Å². The first-order valence-electron chi connectivity index (χ1n) is 7.41. The molecule has 0 unspecified atom stereocenters. The average Bonchev–Trinajstić information content (AvgIpc) is 3.09. The molecule has 1 heterocycles. The van der Waals surface area contributed by atoms with Crippen LogP contribution in [0.1, 0.15) is 5.89 Å². The number of nitrogens with one attached hydrogen (secondary N) is 2. The van der Waals surface area contributed by atoms with Gasteiger partial charge >= 0.3 is 0 Å². The van der Waals surface area contributed by atoms with Gasteiger partial charge in [0, 0.05) is 22.3 Å². The number of aromatic nitrogens is 2. The van der Waals surface area contributed by atoms with Crippen molar-refractivity contribution in [2.24, 2.45) is 0 Å². The second-order valence-electron chi connectivity index (χ2n) is 5.06. The maximum Gasteiger partial charge on any atom is 0.246 e. The fourth-order valence-electron chi connectivity index (χ4n) is 2.10. The van der Waals surface area contributed by atoms with E-state index in [1.807, 2.05) is 36.4 Å². The zero-order chi connectivity index (χ0) is 17.6. The summed E-state index contributed by atoms with van der Waals surface area (Å²) >= 11 is 11.2. The van der Waals surface area contributed by atoms with Crippen LogP contribution in [0.15, 0.2) is 53.1 Å². The number of hydrogen-bond acceptors (Lipinski definition) is 5. The zero-order valence-corrected chi connectivity index (χ0v) is 14.9. The zero-order valence-electron chi connectivity index (χ0n) is 13.3. The third-order valence-electron chi connectivity index (χ3n) is 3.28. The smallest absolute Gasteiger partial charge is 0.246 e. The van der Waals surface area contributed by atoms with Gasteiger partial charge < -0.3 is 19.9 Å². The Labute approximate surface area is 155 Å². The molecule has 6 nitrogen and oxygen atoms in total. The molecule has 0 saturated carbocycles. The van der Waals surface area contributed by atoms with E-state index in [9.17, 15) is 0 Å². The van der Waals surface area contributed by atoms with Gasteiger partial charge in [-0.05, 0) is 36.5 Å². The Bertz CT molecular complexity index is 884. The number of halogens is 1. The second kappa shape index (κ2) is 7.96. The van der Waals surface area contributed by atoms with Crippen molar-refractivity contribution in [1.29, 1.82) is 0 Å². The number of methoxy groups -OCH3 is 1. The Morgan fingerprint density at radius 2 is 2.08 bits per heavy atom. The van der Waals surface area contributed by atoms with Gasteiger partial charge in [0.15, 0.2) is 5.11 Å². The molecule has 2 N–H and O–H groups in total. The molecule has 0 amide bonds. The van der Waals surface area contributed by atoms with E-state index in [-0.39, 0.29) is 0 Å². The molecule has 1 aromatic heterocycles. The molecule has 0 saturated heterocycles. The number of nitrogens with zero attached hydrogens (tertiary/aromatic N) is 2. The molecule has 0 aliphatic carbocycles. The van der Waals surface area contributed by atoms with Gasteiger partial charge in [-0.2, -0.15) is 4.98 Å². The van der Waals surface area contributed by atoms with Gasteiger partial charge in [0.25, 0.3) is 0 Å². The summed E-state index contributed by atoms with van der Waals surface area (Å²) in [6, 6.07) is 14.7. The highest BCUT2D eigenvalue weighted by Crippen LogP contribution is 2.20. The summed E-state index contributed by atoms with van der Waals surface area (Å²) in [4.78, 5) is 4.32. The van der Waals surface area contributed by atoms with Crippen molar-refractivity contribution < 1.29 is 9.26 Å². The summed E-state index contributed by atoms with van der Waals surface area (Å²) in [5.74, 6) is 1.65. The molecular weight excluding hydrogens is 360 g/mol. The van der Waals surface area contributed by atoms with Crippen molar-refractivity contribution >= 4 is 34.6 Å². The van der Waals surface area contributed by atoms with Crippen molar-refractivity contribution in [3.63, 3.8) is 0 Å². The lowest BCUT2D eigenvalue weighted by atomic mass is 10.2. The number of rotatable bonds is 5. The van der Waals surface area contributed by atoms with Crippen molar-refractivity contribution in [2.75, 3.05) is 12.4 Å². The van der Waals surface area contributed by atoms with Crippen LogP contribution in [0.4, 0.5) is 5.69 Å². The highest BCUT2D eigenvalue weighted by atomic mass is 35.5. The van der Waals surface area contributed by atoms with Crippen LogP contribution in [0.25, 0.3) is 11.4 Å². The minimum atomic E-state index is 0.309. The number of thiocarbonyl (C=S) groups is 1. The Morgan fingerprint density at radius 1 is 1.24 bits per heavy atom. The van der Waals surface area contributed by atoms with E-state index in [1.54, 1.807) is 19.2 Å². The normalized spacial score (nSPS) is 10.3. The monoisotopic (exact) mass is 374 g/mol. The van der Waals surface area contributed by atoms with E-state index in [0.717, 1.165) is 17.0 Å². The lowest BCUT2D eigenvalue weighted by Gasteiger charge is -2.09. The molecule has 0 aliphatic rings. The lowest BCUT2D eigenvalue weighted by Crippen LogP contribution is -2.28.